The molecular weight excluding hydrogens is 240 g/mol. The predicted molar refractivity (Wildman–Crippen MR) is 73.2 cm³/mol. The van der Waals surface area contributed by atoms with Crippen LogP contribution in [-0.2, 0) is 13.0 Å². The van der Waals surface area contributed by atoms with Gasteiger partial charge in [-0.2, -0.15) is 4.98 Å². The predicted octanol–water partition coefficient (Wildman–Crippen LogP) is 3.72. The van der Waals surface area contributed by atoms with Crippen molar-refractivity contribution in [2.24, 2.45) is 0 Å². The Hall–Kier alpha value is -1.84. The zero-order chi connectivity index (χ0) is 13.7. The van der Waals surface area contributed by atoms with Gasteiger partial charge in [0, 0.05) is 6.42 Å². The van der Waals surface area contributed by atoms with Crippen molar-refractivity contribution >= 4 is 0 Å². The van der Waals surface area contributed by atoms with Crippen LogP contribution in [0.1, 0.15) is 50.4 Å². The van der Waals surface area contributed by atoms with Crippen LogP contribution in [0, 0.1) is 0 Å². The summed E-state index contributed by atoms with van der Waals surface area (Å²) in [5.74, 6) is 2.59. The van der Waals surface area contributed by atoms with Crippen molar-refractivity contribution in [3.05, 3.63) is 41.5 Å². The Morgan fingerprint density at radius 1 is 1.26 bits per heavy atom. The first-order valence-corrected chi connectivity index (χ1v) is 6.74. The lowest BCUT2D eigenvalue weighted by atomic mass is 10.0. The Kier molecular flexibility index (Phi) is 4.55. The van der Waals surface area contributed by atoms with E-state index in [1.165, 1.54) is 5.56 Å². The number of nitrogens with zero attached hydrogens (tertiary/aromatic N) is 2. The lowest BCUT2D eigenvalue weighted by Crippen LogP contribution is -2.01. The average molecular weight is 260 g/mol. The third kappa shape index (κ3) is 3.56. The molecule has 19 heavy (non-hydrogen) atoms. The molecule has 0 aliphatic carbocycles. The first kappa shape index (κ1) is 13.6. The van der Waals surface area contributed by atoms with Gasteiger partial charge < -0.3 is 9.26 Å². The summed E-state index contributed by atoms with van der Waals surface area (Å²) in [7, 11) is 0. The van der Waals surface area contributed by atoms with E-state index in [9.17, 15) is 0 Å². The summed E-state index contributed by atoms with van der Waals surface area (Å²) in [6, 6.07) is 8.05. The molecule has 1 aromatic heterocycles. The largest absolute Gasteiger partial charge is 0.485 e. The molecule has 2 rings (SSSR count). The Labute approximate surface area is 113 Å². The second-order valence-electron chi connectivity index (χ2n) is 4.84. The second-order valence-corrected chi connectivity index (χ2v) is 4.84. The van der Waals surface area contributed by atoms with Gasteiger partial charge in [0.05, 0.1) is 0 Å². The fourth-order valence-electron chi connectivity index (χ4n) is 1.90. The van der Waals surface area contributed by atoms with E-state index in [1.54, 1.807) is 0 Å². The molecule has 0 radical (unpaired) electrons. The van der Waals surface area contributed by atoms with E-state index >= 15 is 0 Å². The third-order valence-electron chi connectivity index (χ3n) is 2.87. The summed E-state index contributed by atoms with van der Waals surface area (Å²) >= 11 is 0. The van der Waals surface area contributed by atoms with Crippen LogP contribution in [0.3, 0.4) is 0 Å². The quantitative estimate of drug-likeness (QED) is 0.794. The summed E-state index contributed by atoms with van der Waals surface area (Å²) in [4.78, 5) is 4.29. The van der Waals surface area contributed by atoms with Gasteiger partial charge in [-0.25, -0.2) is 0 Å². The molecule has 0 N–H and O–H groups in total. The molecular formula is C15H20N2O2. The number of benzene rings is 1. The molecule has 4 nitrogen and oxygen atoms in total. The van der Waals surface area contributed by atoms with Crippen molar-refractivity contribution in [1.82, 2.24) is 10.1 Å². The fourth-order valence-corrected chi connectivity index (χ4v) is 1.90. The molecule has 0 atom stereocenters. The molecule has 0 bridgehead atoms. The highest BCUT2D eigenvalue weighted by Gasteiger charge is 2.09. The van der Waals surface area contributed by atoms with E-state index in [1.807, 2.05) is 18.2 Å². The van der Waals surface area contributed by atoms with Crippen LogP contribution >= 0.6 is 0 Å². The van der Waals surface area contributed by atoms with Gasteiger partial charge in [-0.3, -0.25) is 0 Å². The molecule has 0 aliphatic heterocycles. The molecule has 1 aromatic carbocycles. The van der Waals surface area contributed by atoms with Crippen LogP contribution < -0.4 is 4.74 Å². The summed E-state index contributed by atoms with van der Waals surface area (Å²) in [6.45, 7) is 6.72. The van der Waals surface area contributed by atoms with Crippen LogP contribution in [0.5, 0.6) is 5.75 Å². The van der Waals surface area contributed by atoms with Gasteiger partial charge in [-0.1, -0.05) is 44.1 Å². The van der Waals surface area contributed by atoms with Crippen molar-refractivity contribution in [3.63, 3.8) is 0 Å². The summed E-state index contributed by atoms with van der Waals surface area (Å²) < 4.78 is 10.9. The van der Waals surface area contributed by atoms with Crippen LogP contribution in [0.25, 0.3) is 0 Å². The first-order chi connectivity index (χ1) is 9.20. The van der Waals surface area contributed by atoms with Crippen LogP contribution in [0.15, 0.2) is 28.8 Å². The normalized spacial score (nSPS) is 10.9. The monoisotopic (exact) mass is 260 g/mol. The van der Waals surface area contributed by atoms with Gasteiger partial charge >= 0.3 is 0 Å². The Morgan fingerprint density at radius 2 is 2.05 bits per heavy atom. The van der Waals surface area contributed by atoms with E-state index in [-0.39, 0.29) is 0 Å². The van der Waals surface area contributed by atoms with Crippen molar-refractivity contribution in [2.75, 3.05) is 0 Å². The highest BCUT2D eigenvalue weighted by Crippen LogP contribution is 2.26. The molecule has 2 aromatic rings. The molecule has 0 saturated carbocycles. The zero-order valence-electron chi connectivity index (χ0n) is 11.7. The molecule has 0 amide bonds. The molecule has 4 heteroatoms. The van der Waals surface area contributed by atoms with Crippen molar-refractivity contribution in [2.45, 2.75) is 46.1 Å². The van der Waals surface area contributed by atoms with Gasteiger partial charge in [-0.15, -0.1) is 0 Å². The third-order valence-corrected chi connectivity index (χ3v) is 2.87. The molecule has 0 aliphatic rings. The summed E-state index contributed by atoms with van der Waals surface area (Å²) in [6.07, 6.45) is 1.81. The molecule has 0 saturated heterocycles. The minimum Gasteiger partial charge on any atom is -0.485 e. The standard InChI is InChI=1S/C15H20N2O2/c1-4-7-15-16-14(17-19-15)10-18-13-9-6-5-8-12(13)11(2)3/h5-6,8-9,11H,4,7,10H2,1-3H3. The number of ether oxygens (including phenoxy) is 1. The van der Waals surface area contributed by atoms with E-state index < -0.39 is 0 Å². The van der Waals surface area contributed by atoms with E-state index in [2.05, 4.69) is 37.0 Å². The Balaban J connectivity index is 2.01. The second kappa shape index (κ2) is 6.36. The highest BCUT2D eigenvalue weighted by molar-refractivity contribution is 5.35. The summed E-state index contributed by atoms with van der Waals surface area (Å²) in [5, 5.41) is 3.91. The van der Waals surface area contributed by atoms with E-state index in [4.69, 9.17) is 9.26 Å². The molecule has 102 valence electrons. The van der Waals surface area contributed by atoms with E-state index in [0.717, 1.165) is 18.6 Å². The van der Waals surface area contributed by atoms with Crippen LogP contribution in [0.4, 0.5) is 0 Å². The number of hydrogen-bond donors (Lipinski definition) is 0. The minimum absolute atomic E-state index is 0.344. The zero-order valence-corrected chi connectivity index (χ0v) is 11.7. The highest BCUT2D eigenvalue weighted by atomic mass is 16.5. The number of aryl methyl sites for hydroxylation is 1. The lowest BCUT2D eigenvalue weighted by molar-refractivity contribution is 0.281. The number of aromatic nitrogens is 2. The number of hydrogen-bond acceptors (Lipinski definition) is 4. The van der Waals surface area contributed by atoms with Crippen LogP contribution in [0.2, 0.25) is 0 Å². The van der Waals surface area contributed by atoms with E-state index in [0.29, 0.717) is 24.2 Å². The Bertz CT molecular complexity index is 520. The number of rotatable bonds is 6. The minimum atomic E-state index is 0.344. The maximum atomic E-state index is 5.79. The van der Waals surface area contributed by atoms with Crippen molar-refractivity contribution in [1.29, 1.82) is 0 Å². The van der Waals surface area contributed by atoms with Crippen molar-refractivity contribution in [3.8, 4) is 5.75 Å². The average Bonchev–Trinajstić information content (AvgIpc) is 2.85. The Morgan fingerprint density at radius 3 is 2.79 bits per heavy atom. The van der Waals surface area contributed by atoms with Gasteiger partial charge in [-0.05, 0) is 24.0 Å². The van der Waals surface area contributed by atoms with Gasteiger partial charge in [0.15, 0.2) is 6.61 Å². The van der Waals surface area contributed by atoms with Gasteiger partial charge in [0.25, 0.3) is 0 Å². The summed E-state index contributed by atoms with van der Waals surface area (Å²) in [5.41, 5.74) is 1.19. The lowest BCUT2D eigenvalue weighted by Gasteiger charge is -2.12. The maximum absolute atomic E-state index is 5.79. The SMILES string of the molecule is CCCc1nc(COc2ccccc2C(C)C)no1. The fraction of sp³-hybridized carbons (Fsp3) is 0.467. The van der Waals surface area contributed by atoms with Gasteiger partial charge in [0.1, 0.15) is 5.75 Å². The first-order valence-electron chi connectivity index (χ1n) is 6.74. The smallest absolute Gasteiger partial charge is 0.226 e. The van der Waals surface area contributed by atoms with Crippen molar-refractivity contribution < 1.29 is 9.26 Å². The number of para-hydroxylation sites is 1. The molecule has 1 heterocycles. The molecule has 0 spiro atoms. The molecule has 0 unspecified atom stereocenters. The topological polar surface area (TPSA) is 48.2 Å². The maximum Gasteiger partial charge on any atom is 0.226 e. The molecule has 0 fully saturated rings. The van der Waals surface area contributed by atoms with Crippen LogP contribution in [-0.4, -0.2) is 10.1 Å². The van der Waals surface area contributed by atoms with Gasteiger partial charge in [0.2, 0.25) is 11.7 Å².